The van der Waals surface area contributed by atoms with Crippen LogP contribution in [0.25, 0.3) is 0 Å². The second-order valence-electron chi connectivity index (χ2n) is 6.47. The third-order valence-corrected chi connectivity index (χ3v) is 4.62. The summed E-state index contributed by atoms with van der Waals surface area (Å²) in [5, 5.41) is 3.52. The molecule has 0 bridgehead atoms. The quantitative estimate of drug-likeness (QED) is 0.570. The van der Waals surface area contributed by atoms with Gasteiger partial charge in [0.1, 0.15) is 18.1 Å². The Morgan fingerprint density at radius 1 is 0.929 bits per heavy atom. The molecule has 5 heteroatoms. The van der Waals surface area contributed by atoms with Crippen LogP contribution in [0.15, 0.2) is 66.7 Å². The molecule has 0 fully saturated rings. The lowest BCUT2D eigenvalue weighted by atomic mass is 10.1. The van der Waals surface area contributed by atoms with Gasteiger partial charge in [0.25, 0.3) is 5.91 Å². The Kier molecular flexibility index (Phi) is 6.56. The average molecular weight is 396 g/mol. The summed E-state index contributed by atoms with van der Waals surface area (Å²) in [4.78, 5) is 12.1. The SMILES string of the molecule is Cc1cccc(OCC(=O)Nc2ccc(OCc3ccc(Cl)cc3)cc2)c1C. The maximum Gasteiger partial charge on any atom is 0.262 e. The standard InChI is InChI=1S/C23H22ClNO3/c1-16-4-3-5-22(17(16)2)28-15-23(26)25-20-10-12-21(13-11-20)27-14-18-6-8-19(24)9-7-18/h3-13H,14-15H2,1-2H3,(H,25,26). The van der Waals surface area contributed by atoms with Gasteiger partial charge in [0.2, 0.25) is 0 Å². The predicted octanol–water partition coefficient (Wildman–Crippen LogP) is 5.55. The Hall–Kier alpha value is -2.98. The van der Waals surface area contributed by atoms with Crippen molar-refractivity contribution in [1.82, 2.24) is 0 Å². The molecule has 0 atom stereocenters. The van der Waals surface area contributed by atoms with Gasteiger partial charge < -0.3 is 14.8 Å². The van der Waals surface area contributed by atoms with Crippen molar-refractivity contribution in [2.24, 2.45) is 0 Å². The Balaban J connectivity index is 1.48. The van der Waals surface area contributed by atoms with Gasteiger partial charge >= 0.3 is 0 Å². The smallest absolute Gasteiger partial charge is 0.262 e. The summed E-state index contributed by atoms with van der Waals surface area (Å²) >= 11 is 5.88. The Morgan fingerprint density at radius 2 is 1.64 bits per heavy atom. The van der Waals surface area contributed by atoms with Gasteiger partial charge in [0.05, 0.1) is 0 Å². The van der Waals surface area contributed by atoms with E-state index in [1.807, 2.05) is 68.4 Å². The van der Waals surface area contributed by atoms with Crippen molar-refractivity contribution in [3.05, 3.63) is 88.4 Å². The van der Waals surface area contributed by atoms with Crippen molar-refractivity contribution in [2.75, 3.05) is 11.9 Å². The summed E-state index contributed by atoms with van der Waals surface area (Å²) in [6.07, 6.45) is 0. The highest BCUT2D eigenvalue weighted by atomic mass is 35.5. The topological polar surface area (TPSA) is 47.6 Å². The highest BCUT2D eigenvalue weighted by Gasteiger charge is 2.07. The number of aryl methyl sites for hydroxylation is 1. The molecular formula is C23H22ClNO3. The lowest BCUT2D eigenvalue weighted by Crippen LogP contribution is -2.20. The van der Waals surface area contributed by atoms with Crippen LogP contribution in [-0.2, 0) is 11.4 Å². The fraction of sp³-hybridized carbons (Fsp3) is 0.174. The molecule has 144 valence electrons. The third kappa shape index (κ3) is 5.51. The monoisotopic (exact) mass is 395 g/mol. The van der Waals surface area contributed by atoms with Gasteiger partial charge in [-0.05, 0) is 73.0 Å². The summed E-state index contributed by atoms with van der Waals surface area (Å²) in [6.45, 7) is 4.40. The van der Waals surface area contributed by atoms with E-state index in [0.29, 0.717) is 17.3 Å². The first-order chi connectivity index (χ1) is 13.5. The highest BCUT2D eigenvalue weighted by molar-refractivity contribution is 6.30. The van der Waals surface area contributed by atoms with E-state index in [1.54, 1.807) is 12.1 Å². The van der Waals surface area contributed by atoms with Crippen LogP contribution in [0.1, 0.15) is 16.7 Å². The van der Waals surface area contributed by atoms with Crippen LogP contribution in [-0.4, -0.2) is 12.5 Å². The first-order valence-electron chi connectivity index (χ1n) is 8.97. The zero-order valence-corrected chi connectivity index (χ0v) is 16.6. The van der Waals surface area contributed by atoms with Gasteiger partial charge in [-0.2, -0.15) is 0 Å². The molecule has 0 saturated carbocycles. The van der Waals surface area contributed by atoms with Crippen molar-refractivity contribution in [1.29, 1.82) is 0 Å². The highest BCUT2D eigenvalue weighted by Crippen LogP contribution is 2.21. The van der Waals surface area contributed by atoms with E-state index in [2.05, 4.69) is 5.32 Å². The van der Waals surface area contributed by atoms with Gasteiger partial charge in [-0.1, -0.05) is 35.9 Å². The molecule has 1 amide bonds. The van der Waals surface area contributed by atoms with Gasteiger partial charge in [-0.25, -0.2) is 0 Å². The predicted molar refractivity (Wildman–Crippen MR) is 112 cm³/mol. The van der Waals surface area contributed by atoms with E-state index in [9.17, 15) is 4.79 Å². The number of amides is 1. The molecule has 28 heavy (non-hydrogen) atoms. The lowest BCUT2D eigenvalue weighted by molar-refractivity contribution is -0.118. The number of ether oxygens (including phenoxy) is 2. The molecule has 4 nitrogen and oxygen atoms in total. The Labute approximate surface area is 170 Å². The Morgan fingerprint density at radius 3 is 2.36 bits per heavy atom. The minimum atomic E-state index is -0.212. The van der Waals surface area contributed by atoms with Crippen LogP contribution >= 0.6 is 11.6 Å². The third-order valence-electron chi connectivity index (χ3n) is 4.37. The zero-order chi connectivity index (χ0) is 19.9. The molecule has 1 N–H and O–H groups in total. The normalized spacial score (nSPS) is 10.4. The number of carbonyl (C=O) groups excluding carboxylic acids is 1. The molecule has 3 aromatic rings. The second-order valence-corrected chi connectivity index (χ2v) is 6.91. The summed E-state index contributed by atoms with van der Waals surface area (Å²) in [5.74, 6) is 1.23. The number of carbonyl (C=O) groups is 1. The number of halogens is 1. The van der Waals surface area contributed by atoms with Gasteiger partial charge in [0, 0.05) is 10.7 Å². The fourth-order valence-corrected chi connectivity index (χ4v) is 2.73. The van der Waals surface area contributed by atoms with Crippen molar-refractivity contribution in [2.45, 2.75) is 20.5 Å². The van der Waals surface area contributed by atoms with Crippen LogP contribution in [0.4, 0.5) is 5.69 Å². The van der Waals surface area contributed by atoms with Crippen LogP contribution in [0.5, 0.6) is 11.5 Å². The molecule has 0 aliphatic carbocycles. The summed E-state index contributed by atoms with van der Waals surface area (Å²) in [7, 11) is 0. The number of benzene rings is 3. The number of hydrogen-bond donors (Lipinski definition) is 1. The molecule has 0 aliphatic rings. The molecule has 0 aliphatic heterocycles. The molecule has 0 saturated heterocycles. The second kappa shape index (κ2) is 9.29. The average Bonchev–Trinajstić information content (AvgIpc) is 2.70. The number of anilines is 1. The molecule has 0 heterocycles. The van der Waals surface area contributed by atoms with Crippen molar-refractivity contribution in [3.63, 3.8) is 0 Å². The van der Waals surface area contributed by atoms with Crippen molar-refractivity contribution < 1.29 is 14.3 Å². The van der Waals surface area contributed by atoms with Crippen molar-refractivity contribution in [3.8, 4) is 11.5 Å². The van der Waals surface area contributed by atoms with E-state index >= 15 is 0 Å². The first kappa shape index (κ1) is 19.8. The molecule has 0 unspecified atom stereocenters. The zero-order valence-electron chi connectivity index (χ0n) is 15.9. The van der Waals surface area contributed by atoms with Crippen LogP contribution in [0.3, 0.4) is 0 Å². The van der Waals surface area contributed by atoms with Crippen molar-refractivity contribution >= 4 is 23.2 Å². The number of hydrogen-bond acceptors (Lipinski definition) is 3. The Bertz CT molecular complexity index is 937. The van der Waals surface area contributed by atoms with Gasteiger partial charge in [-0.15, -0.1) is 0 Å². The molecule has 0 spiro atoms. The first-order valence-corrected chi connectivity index (χ1v) is 9.35. The van der Waals surface area contributed by atoms with Gasteiger partial charge in [-0.3, -0.25) is 4.79 Å². The molecule has 3 rings (SSSR count). The fourth-order valence-electron chi connectivity index (χ4n) is 2.60. The van der Waals surface area contributed by atoms with E-state index in [0.717, 1.165) is 28.2 Å². The maximum atomic E-state index is 12.1. The molecule has 0 radical (unpaired) electrons. The largest absolute Gasteiger partial charge is 0.489 e. The molecular weight excluding hydrogens is 374 g/mol. The molecule has 0 aromatic heterocycles. The summed E-state index contributed by atoms with van der Waals surface area (Å²) < 4.78 is 11.4. The van der Waals surface area contributed by atoms with E-state index < -0.39 is 0 Å². The van der Waals surface area contributed by atoms with Crippen LogP contribution in [0.2, 0.25) is 5.02 Å². The number of rotatable bonds is 7. The minimum Gasteiger partial charge on any atom is -0.489 e. The molecule has 3 aromatic carbocycles. The summed E-state index contributed by atoms with van der Waals surface area (Å²) in [6, 6.07) is 20.5. The summed E-state index contributed by atoms with van der Waals surface area (Å²) in [5.41, 5.74) is 3.89. The van der Waals surface area contributed by atoms with E-state index in [1.165, 1.54) is 0 Å². The van der Waals surface area contributed by atoms with E-state index in [4.69, 9.17) is 21.1 Å². The van der Waals surface area contributed by atoms with Crippen LogP contribution < -0.4 is 14.8 Å². The lowest BCUT2D eigenvalue weighted by Gasteiger charge is -2.11. The van der Waals surface area contributed by atoms with Gasteiger partial charge in [0.15, 0.2) is 6.61 Å². The number of nitrogens with one attached hydrogen (secondary N) is 1. The van der Waals surface area contributed by atoms with Crippen LogP contribution in [0, 0.1) is 13.8 Å². The maximum absolute atomic E-state index is 12.1. The minimum absolute atomic E-state index is 0.0425. The van der Waals surface area contributed by atoms with E-state index in [-0.39, 0.29) is 12.5 Å².